The van der Waals surface area contributed by atoms with Gasteiger partial charge in [-0.25, -0.2) is 5.01 Å². The van der Waals surface area contributed by atoms with Gasteiger partial charge in [-0.15, -0.1) is 0 Å². The minimum absolute atomic E-state index is 0.0159. The highest BCUT2D eigenvalue weighted by atomic mass is 32.2. The standard InChI is InChI=1S/C29H49F3N4O2S/c1-4-7-20-26-21(5-2)35(28(38)19-15-25(39-3)27(33-16-19)29(30,31)32)13-12-23(26)36(34-20)22-11-10-18(14-24(22)37)17-8-6-9-17/h17-27,33-34,37H,4-16H2,1-3H3. The van der Waals surface area contributed by atoms with Gasteiger partial charge in [0.1, 0.15) is 6.04 Å². The summed E-state index contributed by atoms with van der Waals surface area (Å²) < 4.78 is 40.6. The Balaban J connectivity index is 1.29. The number of hydrogen-bond donors (Lipinski definition) is 3. The number of carbonyl (C=O) groups is 1. The molecule has 6 nitrogen and oxygen atoms in total. The molecule has 10 unspecified atom stereocenters. The molecule has 10 atom stereocenters. The molecule has 3 saturated heterocycles. The average Bonchev–Trinajstić information content (AvgIpc) is 3.24. The summed E-state index contributed by atoms with van der Waals surface area (Å²) in [7, 11) is 0. The highest BCUT2D eigenvalue weighted by molar-refractivity contribution is 7.99. The van der Waals surface area contributed by atoms with Crippen molar-refractivity contribution < 1.29 is 23.1 Å². The van der Waals surface area contributed by atoms with Gasteiger partial charge in [-0.1, -0.05) is 39.5 Å². The zero-order valence-electron chi connectivity index (χ0n) is 23.8. The number of halogens is 3. The number of nitrogens with one attached hydrogen (secondary N) is 2. The monoisotopic (exact) mass is 574 g/mol. The average molecular weight is 575 g/mol. The van der Waals surface area contributed by atoms with Crippen LogP contribution in [0.3, 0.4) is 0 Å². The number of likely N-dealkylation sites (tertiary alicyclic amines) is 1. The van der Waals surface area contributed by atoms with E-state index >= 15 is 0 Å². The predicted molar refractivity (Wildman–Crippen MR) is 149 cm³/mol. The number of thioether (sulfide) groups is 1. The van der Waals surface area contributed by atoms with Crippen LogP contribution in [0.2, 0.25) is 0 Å². The molecule has 0 aromatic heterocycles. The van der Waals surface area contributed by atoms with Gasteiger partial charge in [0.25, 0.3) is 0 Å². The molecule has 224 valence electrons. The zero-order chi connectivity index (χ0) is 27.9. The summed E-state index contributed by atoms with van der Waals surface area (Å²) in [6.45, 7) is 5.05. The van der Waals surface area contributed by atoms with Gasteiger partial charge in [-0.3, -0.25) is 10.2 Å². The van der Waals surface area contributed by atoms with Gasteiger partial charge in [-0.2, -0.15) is 24.9 Å². The third kappa shape index (κ3) is 5.88. The number of hydrogen-bond acceptors (Lipinski definition) is 6. The van der Waals surface area contributed by atoms with Crippen LogP contribution in [0.25, 0.3) is 0 Å². The van der Waals surface area contributed by atoms with E-state index in [-0.39, 0.29) is 55.1 Å². The SMILES string of the molecule is CCCC1NN(C2CCC(C3CCC3)CC2O)C2CCN(C(=O)C3CNC(C(F)(F)F)C(SC)C3)C(CC)C12. The molecule has 5 rings (SSSR count). The summed E-state index contributed by atoms with van der Waals surface area (Å²) in [5.41, 5.74) is 3.84. The van der Waals surface area contributed by atoms with Crippen molar-refractivity contribution in [3.8, 4) is 0 Å². The predicted octanol–water partition coefficient (Wildman–Crippen LogP) is 4.57. The van der Waals surface area contributed by atoms with Crippen LogP contribution < -0.4 is 10.7 Å². The number of fused-ring (bicyclic) bond motifs is 1. The van der Waals surface area contributed by atoms with Crippen LogP contribution in [0.4, 0.5) is 13.2 Å². The fraction of sp³-hybridized carbons (Fsp3) is 0.966. The molecule has 10 heteroatoms. The maximum absolute atomic E-state index is 13.9. The molecule has 0 spiro atoms. The highest BCUT2D eigenvalue weighted by Gasteiger charge is 2.54. The van der Waals surface area contributed by atoms with E-state index in [2.05, 4.69) is 29.6 Å². The zero-order valence-corrected chi connectivity index (χ0v) is 24.7. The molecule has 3 aliphatic heterocycles. The molecular weight excluding hydrogens is 525 g/mol. The van der Waals surface area contributed by atoms with Crippen LogP contribution >= 0.6 is 11.8 Å². The Bertz CT molecular complexity index is 846. The second-order valence-electron chi connectivity index (χ2n) is 12.9. The maximum atomic E-state index is 13.9. The van der Waals surface area contributed by atoms with Crippen molar-refractivity contribution in [2.45, 2.75) is 132 Å². The number of carbonyl (C=O) groups excluding carboxylic acids is 1. The fourth-order valence-electron chi connectivity index (χ4n) is 8.71. The molecule has 2 saturated carbocycles. The van der Waals surface area contributed by atoms with E-state index in [0.29, 0.717) is 12.5 Å². The van der Waals surface area contributed by atoms with E-state index in [9.17, 15) is 23.1 Å². The Morgan fingerprint density at radius 2 is 1.82 bits per heavy atom. The van der Waals surface area contributed by atoms with Crippen LogP contribution in [-0.4, -0.2) is 88.0 Å². The number of alkyl halides is 3. The van der Waals surface area contributed by atoms with Crippen molar-refractivity contribution in [3.63, 3.8) is 0 Å². The van der Waals surface area contributed by atoms with E-state index in [1.807, 2.05) is 4.90 Å². The van der Waals surface area contributed by atoms with Crippen molar-refractivity contribution in [2.24, 2.45) is 23.7 Å². The summed E-state index contributed by atoms with van der Waals surface area (Å²) in [4.78, 5) is 15.9. The minimum atomic E-state index is -4.31. The Hall–Kier alpha value is -0.550. The van der Waals surface area contributed by atoms with Crippen LogP contribution in [0.15, 0.2) is 0 Å². The van der Waals surface area contributed by atoms with E-state index in [1.165, 1.54) is 37.4 Å². The van der Waals surface area contributed by atoms with Crippen LogP contribution in [0, 0.1) is 23.7 Å². The third-order valence-electron chi connectivity index (χ3n) is 10.9. The van der Waals surface area contributed by atoms with E-state index < -0.39 is 23.4 Å². The van der Waals surface area contributed by atoms with Crippen molar-refractivity contribution in [2.75, 3.05) is 19.3 Å². The second-order valence-corrected chi connectivity index (χ2v) is 14.0. The molecule has 1 amide bonds. The smallest absolute Gasteiger partial charge is 0.391 e. The van der Waals surface area contributed by atoms with Crippen molar-refractivity contribution in [1.29, 1.82) is 0 Å². The van der Waals surface area contributed by atoms with Gasteiger partial charge < -0.3 is 15.3 Å². The lowest BCUT2D eigenvalue weighted by molar-refractivity contribution is -0.164. The third-order valence-corrected chi connectivity index (χ3v) is 11.9. The lowest BCUT2D eigenvalue weighted by atomic mass is 9.68. The Morgan fingerprint density at radius 3 is 2.41 bits per heavy atom. The first kappa shape index (κ1) is 29.9. The van der Waals surface area contributed by atoms with Gasteiger partial charge in [0.05, 0.1) is 18.1 Å². The number of aliphatic hydroxyl groups is 1. The van der Waals surface area contributed by atoms with Crippen molar-refractivity contribution >= 4 is 17.7 Å². The lowest BCUT2D eigenvalue weighted by Gasteiger charge is -2.49. The van der Waals surface area contributed by atoms with Crippen molar-refractivity contribution in [3.05, 3.63) is 0 Å². The molecule has 5 fully saturated rings. The molecule has 39 heavy (non-hydrogen) atoms. The van der Waals surface area contributed by atoms with Crippen LogP contribution in [0.5, 0.6) is 0 Å². The van der Waals surface area contributed by atoms with Crippen LogP contribution in [-0.2, 0) is 4.79 Å². The fourth-order valence-corrected chi connectivity index (χ4v) is 9.66. The summed E-state index contributed by atoms with van der Waals surface area (Å²) in [5, 5.41) is 15.7. The van der Waals surface area contributed by atoms with Crippen molar-refractivity contribution in [1.82, 2.24) is 20.7 Å². The number of rotatable bonds is 7. The molecule has 0 aromatic carbocycles. The van der Waals surface area contributed by atoms with Gasteiger partial charge in [-0.05, 0) is 63.0 Å². The number of piperidine rings is 2. The Morgan fingerprint density at radius 1 is 1.05 bits per heavy atom. The molecule has 0 radical (unpaired) electrons. The molecular formula is C29H49F3N4O2S. The topological polar surface area (TPSA) is 67.8 Å². The summed E-state index contributed by atoms with van der Waals surface area (Å²) in [6.07, 6.45) is 8.14. The first-order valence-electron chi connectivity index (χ1n) is 15.5. The first-order chi connectivity index (χ1) is 18.7. The lowest BCUT2D eigenvalue weighted by Crippen LogP contribution is -2.62. The molecule has 0 aromatic rings. The summed E-state index contributed by atoms with van der Waals surface area (Å²) in [6, 6.07) is -0.873. The molecule has 2 aliphatic carbocycles. The van der Waals surface area contributed by atoms with E-state index in [0.717, 1.165) is 44.4 Å². The quantitative estimate of drug-likeness (QED) is 0.414. The molecule has 0 bridgehead atoms. The highest BCUT2D eigenvalue weighted by Crippen LogP contribution is 2.45. The van der Waals surface area contributed by atoms with Gasteiger partial charge in [0, 0.05) is 42.4 Å². The van der Waals surface area contributed by atoms with Crippen LogP contribution in [0.1, 0.15) is 84.5 Å². The minimum Gasteiger partial charge on any atom is -0.391 e. The van der Waals surface area contributed by atoms with Gasteiger partial charge >= 0.3 is 6.18 Å². The molecule has 3 N–H and O–H groups in total. The second kappa shape index (κ2) is 12.4. The normalized spacial score (nSPS) is 42.3. The number of nitrogens with zero attached hydrogens (tertiary/aromatic N) is 2. The Kier molecular flexibility index (Phi) is 9.48. The van der Waals surface area contributed by atoms with E-state index in [4.69, 9.17) is 0 Å². The molecule has 5 aliphatic rings. The summed E-state index contributed by atoms with van der Waals surface area (Å²) in [5.74, 6) is 1.31. The number of amides is 1. The summed E-state index contributed by atoms with van der Waals surface area (Å²) >= 11 is 1.21. The van der Waals surface area contributed by atoms with E-state index in [1.54, 1.807) is 6.26 Å². The Labute approximate surface area is 236 Å². The number of hydrazine groups is 1. The number of aliphatic hydroxyl groups excluding tert-OH is 1. The molecule has 3 heterocycles. The largest absolute Gasteiger partial charge is 0.404 e. The van der Waals surface area contributed by atoms with Gasteiger partial charge in [0.2, 0.25) is 5.91 Å². The maximum Gasteiger partial charge on any atom is 0.404 e. The van der Waals surface area contributed by atoms with Gasteiger partial charge in [0.15, 0.2) is 0 Å². The first-order valence-corrected chi connectivity index (χ1v) is 16.8.